The average Bonchev–Trinajstić information content (AvgIpc) is 3.17. The zero-order valence-corrected chi connectivity index (χ0v) is 16.3. The van der Waals surface area contributed by atoms with Crippen LogP contribution in [0.4, 0.5) is 0 Å². The van der Waals surface area contributed by atoms with Crippen LogP contribution in [0, 0.1) is 11.8 Å². The summed E-state index contributed by atoms with van der Waals surface area (Å²) >= 11 is 0. The van der Waals surface area contributed by atoms with Gasteiger partial charge in [0.05, 0.1) is 6.07 Å². The van der Waals surface area contributed by atoms with E-state index >= 15 is 0 Å². The third-order valence-corrected chi connectivity index (χ3v) is 6.81. The number of hydrogen-bond donors (Lipinski definition) is 1. The molecule has 7 nitrogen and oxygen atoms in total. The van der Waals surface area contributed by atoms with Crippen LogP contribution in [0.2, 0.25) is 0 Å². The van der Waals surface area contributed by atoms with Crippen LogP contribution in [0.5, 0.6) is 0 Å². The largest absolute Gasteiger partial charge is 0.373 e. The minimum Gasteiger partial charge on any atom is -0.373 e. The maximum atomic E-state index is 12.9. The highest BCUT2D eigenvalue weighted by Crippen LogP contribution is 2.42. The van der Waals surface area contributed by atoms with Crippen molar-refractivity contribution in [1.82, 2.24) is 15.0 Å². The fourth-order valence-corrected chi connectivity index (χ4v) is 5.60. The SMILES string of the molecule is O=C(c1cc(=O)[nH]o1)N1C[C@H]2C[C@@H](C1)[C@H](Cc1ccccc1)N1C(=O)CCC[C@@H]21. The van der Waals surface area contributed by atoms with Gasteiger partial charge in [-0.15, -0.1) is 0 Å². The van der Waals surface area contributed by atoms with Crippen LogP contribution in [0.25, 0.3) is 0 Å². The van der Waals surface area contributed by atoms with Gasteiger partial charge in [0.2, 0.25) is 11.7 Å². The summed E-state index contributed by atoms with van der Waals surface area (Å²) in [6.07, 6.45) is 4.38. The lowest BCUT2D eigenvalue weighted by Crippen LogP contribution is -2.66. The number of benzene rings is 1. The second-order valence-corrected chi connectivity index (χ2v) is 8.56. The van der Waals surface area contributed by atoms with E-state index in [9.17, 15) is 14.4 Å². The molecule has 0 aliphatic carbocycles. The molecular formula is C22H25N3O4. The molecule has 0 unspecified atom stereocenters. The number of hydrogen-bond acceptors (Lipinski definition) is 4. The highest BCUT2D eigenvalue weighted by Gasteiger charge is 2.50. The summed E-state index contributed by atoms with van der Waals surface area (Å²) in [5.41, 5.74) is 0.810. The number of piperidine rings is 3. The molecule has 1 N–H and O–H groups in total. The number of aromatic nitrogens is 1. The Bertz CT molecular complexity index is 966. The van der Waals surface area contributed by atoms with E-state index in [4.69, 9.17) is 4.52 Å². The first kappa shape index (κ1) is 18.2. The van der Waals surface area contributed by atoms with Crippen LogP contribution >= 0.6 is 0 Å². The molecule has 4 heterocycles. The van der Waals surface area contributed by atoms with Crippen molar-refractivity contribution >= 4 is 11.8 Å². The normalized spacial score (nSPS) is 28.9. The summed E-state index contributed by atoms with van der Waals surface area (Å²) in [4.78, 5) is 41.2. The molecular weight excluding hydrogens is 370 g/mol. The molecule has 1 aromatic heterocycles. The molecule has 7 heteroatoms. The first-order chi connectivity index (χ1) is 14.1. The van der Waals surface area contributed by atoms with Crippen LogP contribution in [-0.4, -0.2) is 51.9 Å². The molecule has 2 bridgehead atoms. The van der Waals surface area contributed by atoms with E-state index < -0.39 is 5.56 Å². The van der Waals surface area contributed by atoms with Crippen molar-refractivity contribution in [3.05, 3.63) is 58.1 Å². The molecule has 29 heavy (non-hydrogen) atoms. The van der Waals surface area contributed by atoms with Gasteiger partial charge in [0.1, 0.15) is 0 Å². The topological polar surface area (TPSA) is 86.6 Å². The number of H-pyrrole nitrogens is 1. The van der Waals surface area contributed by atoms with Crippen molar-refractivity contribution < 1.29 is 14.1 Å². The van der Waals surface area contributed by atoms with E-state index in [0.717, 1.165) is 25.7 Å². The fourth-order valence-electron chi connectivity index (χ4n) is 5.60. The van der Waals surface area contributed by atoms with Gasteiger partial charge in [0.15, 0.2) is 0 Å². The number of likely N-dealkylation sites (tertiary alicyclic amines) is 1. The van der Waals surface area contributed by atoms with Crippen molar-refractivity contribution in [2.75, 3.05) is 13.1 Å². The average molecular weight is 395 g/mol. The molecule has 2 amide bonds. The number of carbonyl (C=O) groups is 2. The molecule has 152 valence electrons. The molecule has 0 spiro atoms. The molecule has 3 fully saturated rings. The Labute approximate surface area is 168 Å². The number of aromatic amines is 1. The van der Waals surface area contributed by atoms with Crippen molar-refractivity contribution in [2.24, 2.45) is 11.8 Å². The lowest BCUT2D eigenvalue weighted by molar-refractivity contribution is -0.151. The summed E-state index contributed by atoms with van der Waals surface area (Å²) in [5, 5.41) is 2.20. The second-order valence-electron chi connectivity index (χ2n) is 8.56. The maximum Gasteiger partial charge on any atom is 0.292 e. The van der Waals surface area contributed by atoms with E-state index in [2.05, 4.69) is 22.2 Å². The van der Waals surface area contributed by atoms with Crippen LogP contribution < -0.4 is 5.56 Å². The molecule has 0 saturated carbocycles. The smallest absolute Gasteiger partial charge is 0.292 e. The van der Waals surface area contributed by atoms with Crippen molar-refractivity contribution in [1.29, 1.82) is 0 Å². The van der Waals surface area contributed by atoms with E-state index in [0.29, 0.717) is 19.5 Å². The van der Waals surface area contributed by atoms with E-state index in [1.54, 1.807) is 0 Å². The zero-order valence-electron chi connectivity index (χ0n) is 16.3. The lowest BCUT2D eigenvalue weighted by atomic mass is 9.70. The number of fused-ring (bicyclic) bond motifs is 4. The molecule has 1 aromatic carbocycles. The highest BCUT2D eigenvalue weighted by molar-refractivity contribution is 5.91. The molecule has 3 aliphatic rings. The van der Waals surface area contributed by atoms with Crippen LogP contribution in [-0.2, 0) is 11.2 Å². The Morgan fingerprint density at radius 1 is 1.14 bits per heavy atom. The van der Waals surface area contributed by atoms with Gasteiger partial charge >= 0.3 is 0 Å². The van der Waals surface area contributed by atoms with E-state index in [1.807, 2.05) is 23.1 Å². The summed E-state index contributed by atoms with van der Waals surface area (Å²) < 4.78 is 5.05. The molecule has 2 aromatic rings. The zero-order chi connectivity index (χ0) is 20.0. The number of rotatable bonds is 3. The predicted molar refractivity (Wildman–Crippen MR) is 105 cm³/mol. The van der Waals surface area contributed by atoms with Crippen molar-refractivity contribution in [2.45, 2.75) is 44.2 Å². The van der Waals surface area contributed by atoms with Crippen molar-refractivity contribution in [3.8, 4) is 0 Å². The molecule has 5 rings (SSSR count). The van der Waals surface area contributed by atoms with Gasteiger partial charge in [0.25, 0.3) is 11.5 Å². The monoisotopic (exact) mass is 395 g/mol. The van der Waals surface area contributed by atoms with Crippen LogP contribution in [0.15, 0.2) is 45.7 Å². The van der Waals surface area contributed by atoms with Gasteiger partial charge in [-0.25, -0.2) is 0 Å². The van der Waals surface area contributed by atoms with Gasteiger partial charge < -0.3 is 14.3 Å². The van der Waals surface area contributed by atoms with Crippen molar-refractivity contribution in [3.63, 3.8) is 0 Å². The molecule has 4 atom stereocenters. The Balaban J connectivity index is 1.45. The van der Waals surface area contributed by atoms with Gasteiger partial charge in [-0.3, -0.25) is 14.4 Å². The lowest BCUT2D eigenvalue weighted by Gasteiger charge is -2.56. The highest BCUT2D eigenvalue weighted by atomic mass is 16.5. The van der Waals surface area contributed by atoms with E-state index in [-0.39, 0.29) is 41.5 Å². The Hall–Kier alpha value is -2.83. The summed E-state index contributed by atoms with van der Waals surface area (Å²) in [6, 6.07) is 11.8. The first-order valence-electron chi connectivity index (χ1n) is 10.4. The number of nitrogens with one attached hydrogen (secondary N) is 1. The third kappa shape index (κ3) is 3.28. The number of nitrogens with zero attached hydrogens (tertiary/aromatic N) is 2. The number of amides is 2. The molecule has 3 saturated heterocycles. The molecule has 3 aliphatic heterocycles. The summed E-state index contributed by atoms with van der Waals surface area (Å²) in [5.74, 6) is 0.577. The Morgan fingerprint density at radius 2 is 1.93 bits per heavy atom. The Morgan fingerprint density at radius 3 is 2.69 bits per heavy atom. The molecule has 0 radical (unpaired) electrons. The van der Waals surface area contributed by atoms with E-state index in [1.165, 1.54) is 11.6 Å². The van der Waals surface area contributed by atoms with Gasteiger partial charge in [-0.2, -0.15) is 5.16 Å². The summed E-state index contributed by atoms with van der Waals surface area (Å²) in [7, 11) is 0. The van der Waals surface area contributed by atoms with Crippen LogP contribution in [0.3, 0.4) is 0 Å². The van der Waals surface area contributed by atoms with Crippen LogP contribution in [0.1, 0.15) is 41.8 Å². The second kappa shape index (κ2) is 7.21. The Kier molecular flexibility index (Phi) is 4.53. The summed E-state index contributed by atoms with van der Waals surface area (Å²) in [6.45, 7) is 1.19. The minimum absolute atomic E-state index is 0.0613. The first-order valence-corrected chi connectivity index (χ1v) is 10.4. The number of carbonyl (C=O) groups excluding carboxylic acids is 2. The third-order valence-electron chi connectivity index (χ3n) is 6.81. The standard InChI is InChI=1S/C22H25N3O4/c26-20-11-19(29-23-20)22(28)24-12-15-10-16(13-24)18(9-14-5-2-1-3-6-14)25-17(15)7-4-8-21(25)27/h1-3,5-6,11,15-18H,4,7-10,12-13H2,(H,23,26)/t15-,16+,17+,18+/m1/s1. The quantitative estimate of drug-likeness (QED) is 0.862. The van der Waals surface area contributed by atoms with Gasteiger partial charge in [-0.1, -0.05) is 30.3 Å². The minimum atomic E-state index is -0.406. The fraction of sp³-hybridized carbons (Fsp3) is 0.500. The van der Waals surface area contributed by atoms with Gasteiger partial charge in [0, 0.05) is 31.6 Å². The predicted octanol–water partition coefficient (Wildman–Crippen LogP) is 2.05. The van der Waals surface area contributed by atoms with Gasteiger partial charge in [-0.05, 0) is 43.1 Å². The maximum absolute atomic E-state index is 12.9.